The van der Waals surface area contributed by atoms with Gasteiger partial charge in [0.25, 0.3) is 5.91 Å². The number of thiazole rings is 1. The summed E-state index contributed by atoms with van der Waals surface area (Å²) >= 11 is 7.63. The second kappa shape index (κ2) is 8.26. The molecule has 9 heteroatoms. The molecular formula is C18H22ClN3O3S2. The molecule has 0 atom stereocenters. The summed E-state index contributed by atoms with van der Waals surface area (Å²) in [5.41, 5.74) is 1.17. The van der Waals surface area contributed by atoms with E-state index in [0.717, 1.165) is 35.7 Å². The minimum Gasteiger partial charge on any atom is -0.298 e. The van der Waals surface area contributed by atoms with Crippen LogP contribution < -0.4 is 5.32 Å². The van der Waals surface area contributed by atoms with E-state index in [2.05, 4.69) is 10.3 Å². The normalized spacial score (nSPS) is 15.1. The molecule has 6 nitrogen and oxygen atoms in total. The summed E-state index contributed by atoms with van der Waals surface area (Å²) in [6.07, 6.45) is 6.60. The van der Waals surface area contributed by atoms with Gasteiger partial charge in [-0.1, -0.05) is 24.4 Å². The Bertz CT molecular complexity index is 929. The predicted molar refractivity (Wildman–Crippen MR) is 108 cm³/mol. The average molecular weight is 428 g/mol. The number of sulfonamides is 1. The molecule has 0 bridgehead atoms. The van der Waals surface area contributed by atoms with E-state index in [1.165, 1.54) is 61.4 Å². The van der Waals surface area contributed by atoms with E-state index in [4.69, 9.17) is 11.6 Å². The van der Waals surface area contributed by atoms with Crippen LogP contribution in [0.5, 0.6) is 0 Å². The first-order valence-electron chi connectivity index (χ1n) is 8.81. The minimum absolute atomic E-state index is 0.0217. The lowest BCUT2D eigenvalue weighted by Gasteiger charge is -2.13. The van der Waals surface area contributed by atoms with Crippen molar-refractivity contribution in [2.75, 3.05) is 19.4 Å². The third kappa shape index (κ3) is 4.51. The van der Waals surface area contributed by atoms with Crippen LogP contribution in [0.15, 0.2) is 23.1 Å². The first kappa shape index (κ1) is 20.3. The minimum atomic E-state index is -3.65. The highest BCUT2D eigenvalue weighted by molar-refractivity contribution is 7.89. The highest BCUT2D eigenvalue weighted by Gasteiger charge is 2.22. The highest BCUT2D eigenvalue weighted by atomic mass is 35.5. The van der Waals surface area contributed by atoms with Gasteiger partial charge in [0.2, 0.25) is 10.0 Å². The van der Waals surface area contributed by atoms with Crippen LogP contribution in [0.25, 0.3) is 0 Å². The van der Waals surface area contributed by atoms with E-state index in [9.17, 15) is 13.2 Å². The number of anilines is 1. The SMILES string of the molecule is CN(C)S(=O)(=O)c1ccc(Cl)c(C(=O)Nc2nc3c(s2)CCCCCC3)c1. The van der Waals surface area contributed by atoms with Gasteiger partial charge in [-0.3, -0.25) is 10.1 Å². The number of hydrogen-bond donors (Lipinski definition) is 1. The zero-order valence-electron chi connectivity index (χ0n) is 15.3. The van der Waals surface area contributed by atoms with Gasteiger partial charge in [-0.25, -0.2) is 17.7 Å². The molecule has 0 fully saturated rings. The summed E-state index contributed by atoms with van der Waals surface area (Å²) in [4.78, 5) is 18.5. The zero-order chi connectivity index (χ0) is 19.6. The van der Waals surface area contributed by atoms with Gasteiger partial charge < -0.3 is 0 Å². The molecule has 0 saturated carbocycles. The van der Waals surface area contributed by atoms with E-state index in [1.54, 1.807) is 0 Å². The summed E-state index contributed by atoms with van der Waals surface area (Å²) in [7, 11) is -0.772. The molecule has 3 rings (SSSR count). The fourth-order valence-corrected chi connectivity index (χ4v) is 5.15. The van der Waals surface area contributed by atoms with Crippen LogP contribution in [-0.2, 0) is 22.9 Å². The topological polar surface area (TPSA) is 79.4 Å². The second-order valence-electron chi connectivity index (χ2n) is 6.69. The molecule has 1 aromatic carbocycles. The van der Waals surface area contributed by atoms with Crippen LogP contribution in [0, 0.1) is 0 Å². The van der Waals surface area contributed by atoms with Crippen LogP contribution in [0.4, 0.5) is 5.13 Å². The molecule has 146 valence electrons. The van der Waals surface area contributed by atoms with Crippen LogP contribution >= 0.6 is 22.9 Å². The molecule has 1 aliphatic carbocycles. The second-order valence-corrected chi connectivity index (χ2v) is 10.3. The number of aryl methyl sites for hydroxylation is 2. The maximum Gasteiger partial charge on any atom is 0.259 e. The number of aromatic nitrogens is 1. The first-order valence-corrected chi connectivity index (χ1v) is 11.4. The maximum atomic E-state index is 12.7. The quantitative estimate of drug-likeness (QED) is 0.800. The van der Waals surface area contributed by atoms with E-state index in [-0.39, 0.29) is 15.5 Å². The summed E-state index contributed by atoms with van der Waals surface area (Å²) in [5, 5.41) is 3.51. The lowest BCUT2D eigenvalue weighted by Crippen LogP contribution is -2.23. The molecule has 0 saturated heterocycles. The van der Waals surface area contributed by atoms with Crippen molar-refractivity contribution in [1.82, 2.24) is 9.29 Å². The number of benzene rings is 1. The third-order valence-electron chi connectivity index (χ3n) is 4.53. The number of amides is 1. The van der Waals surface area contributed by atoms with Crippen molar-refractivity contribution < 1.29 is 13.2 Å². The van der Waals surface area contributed by atoms with Gasteiger partial charge in [0.15, 0.2) is 5.13 Å². The molecule has 0 radical (unpaired) electrons. The van der Waals surface area contributed by atoms with Crippen LogP contribution in [0.1, 0.15) is 46.6 Å². The average Bonchev–Trinajstić information content (AvgIpc) is 2.95. The maximum absolute atomic E-state index is 12.7. The smallest absolute Gasteiger partial charge is 0.259 e. The first-order chi connectivity index (χ1) is 12.8. The molecule has 0 aliphatic heterocycles. The number of carbonyl (C=O) groups excluding carboxylic acids is 1. The van der Waals surface area contributed by atoms with Crippen LogP contribution in [0.3, 0.4) is 0 Å². The monoisotopic (exact) mass is 427 g/mol. The summed E-state index contributed by atoms with van der Waals surface area (Å²) in [6, 6.07) is 4.12. The van der Waals surface area contributed by atoms with Crippen molar-refractivity contribution in [3.63, 3.8) is 0 Å². The summed E-state index contributed by atoms with van der Waals surface area (Å²) < 4.78 is 25.7. The predicted octanol–water partition coefficient (Wildman–Crippen LogP) is 3.96. The lowest BCUT2D eigenvalue weighted by molar-refractivity contribution is 0.102. The number of fused-ring (bicyclic) bond motifs is 1. The number of nitrogens with one attached hydrogen (secondary N) is 1. The van der Waals surface area contributed by atoms with Crippen molar-refractivity contribution in [3.8, 4) is 0 Å². The Labute approximate surface area is 168 Å². The molecule has 1 aromatic heterocycles. The van der Waals surface area contributed by atoms with Gasteiger partial charge in [0, 0.05) is 19.0 Å². The number of rotatable bonds is 4. The molecule has 0 unspecified atom stereocenters. The fraction of sp³-hybridized carbons (Fsp3) is 0.444. The summed E-state index contributed by atoms with van der Waals surface area (Å²) in [6.45, 7) is 0. The van der Waals surface area contributed by atoms with E-state index < -0.39 is 15.9 Å². The van der Waals surface area contributed by atoms with Gasteiger partial charge in [0.1, 0.15) is 0 Å². The highest BCUT2D eigenvalue weighted by Crippen LogP contribution is 2.29. The number of hydrogen-bond acceptors (Lipinski definition) is 5. The van der Waals surface area contributed by atoms with E-state index in [1.807, 2.05) is 0 Å². The Morgan fingerprint density at radius 1 is 1.19 bits per heavy atom. The van der Waals surface area contributed by atoms with Crippen molar-refractivity contribution >= 4 is 44.0 Å². The largest absolute Gasteiger partial charge is 0.298 e. The Morgan fingerprint density at radius 2 is 1.89 bits per heavy atom. The summed E-state index contributed by atoms with van der Waals surface area (Å²) in [5.74, 6) is -0.461. The number of halogens is 1. The Kier molecular flexibility index (Phi) is 6.20. The van der Waals surface area contributed by atoms with Crippen molar-refractivity contribution in [3.05, 3.63) is 39.4 Å². The van der Waals surface area contributed by atoms with Crippen molar-refractivity contribution in [2.24, 2.45) is 0 Å². The zero-order valence-corrected chi connectivity index (χ0v) is 17.7. The third-order valence-corrected chi connectivity index (χ3v) is 7.74. The molecule has 1 amide bonds. The van der Waals surface area contributed by atoms with Gasteiger partial charge >= 0.3 is 0 Å². The van der Waals surface area contributed by atoms with Gasteiger partial charge in [-0.2, -0.15) is 0 Å². The van der Waals surface area contributed by atoms with Gasteiger partial charge in [0.05, 0.1) is 21.2 Å². The standard InChI is InChI=1S/C18H22ClN3O3S2/c1-22(2)27(24,25)12-9-10-14(19)13(11-12)17(23)21-18-20-15-7-5-3-4-6-8-16(15)26-18/h9-11H,3-8H2,1-2H3,(H,20,21,23). The fourth-order valence-electron chi connectivity index (χ4n) is 2.97. The molecule has 0 spiro atoms. The molecular weight excluding hydrogens is 406 g/mol. The lowest BCUT2D eigenvalue weighted by atomic mass is 10.0. The molecule has 2 aromatic rings. The number of carbonyl (C=O) groups is 1. The Hall–Kier alpha value is -1.48. The Morgan fingerprint density at radius 3 is 2.59 bits per heavy atom. The van der Waals surface area contributed by atoms with Crippen molar-refractivity contribution in [1.29, 1.82) is 0 Å². The van der Waals surface area contributed by atoms with Gasteiger partial charge in [-0.15, -0.1) is 11.3 Å². The molecule has 1 N–H and O–H groups in total. The van der Waals surface area contributed by atoms with Gasteiger partial charge in [-0.05, 0) is 43.9 Å². The Balaban J connectivity index is 1.85. The van der Waals surface area contributed by atoms with Crippen LogP contribution in [0.2, 0.25) is 5.02 Å². The van der Waals surface area contributed by atoms with Crippen molar-refractivity contribution in [2.45, 2.75) is 43.4 Å². The van der Waals surface area contributed by atoms with E-state index >= 15 is 0 Å². The molecule has 1 heterocycles. The van der Waals surface area contributed by atoms with Crippen LogP contribution in [-0.4, -0.2) is 37.7 Å². The molecule has 27 heavy (non-hydrogen) atoms. The molecule has 1 aliphatic rings. The van der Waals surface area contributed by atoms with E-state index in [0.29, 0.717) is 5.13 Å². The number of nitrogens with zero attached hydrogens (tertiary/aromatic N) is 2.